The molecule has 0 aromatic carbocycles. The van der Waals surface area contributed by atoms with Crippen LogP contribution in [0, 0.1) is 6.92 Å². The van der Waals surface area contributed by atoms with Crippen molar-refractivity contribution in [3.05, 3.63) is 39.3 Å². The van der Waals surface area contributed by atoms with Crippen molar-refractivity contribution < 1.29 is 8.42 Å². The van der Waals surface area contributed by atoms with Crippen LogP contribution in [0.4, 0.5) is 0 Å². The van der Waals surface area contributed by atoms with Crippen LogP contribution in [0.3, 0.4) is 0 Å². The lowest BCUT2D eigenvalue weighted by molar-refractivity contribution is 0.627. The molecule has 18 heavy (non-hydrogen) atoms. The second-order valence-corrected chi connectivity index (χ2v) is 5.51. The highest BCUT2D eigenvalue weighted by atomic mass is 35.5. The fourth-order valence-electron chi connectivity index (χ4n) is 1.59. The number of alkyl halides is 1. The van der Waals surface area contributed by atoms with Gasteiger partial charge in [-0.2, -0.15) is 8.42 Å². The zero-order valence-electron chi connectivity index (χ0n) is 9.15. The minimum Gasteiger partial charge on any atom is -0.295 e. The molecule has 0 fully saturated rings. The fourth-order valence-corrected chi connectivity index (χ4v) is 2.79. The average molecular weight is 307 g/mol. The van der Waals surface area contributed by atoms with E-state index in [1.165, 1.54) is 22.9 Å². The Morgan fingerprint density at radius 2 is 2.11 bits per heavy atom. The van der Waals surface area contributed by atoms with Crippen LogP contribution in [0.25, 0.3) is 5.70 Å². The van der Waals surface area contributed by atoms with E-state index >= 15 is 0 Å². The van der Waals surface area contributed by atoms with Crippen molar-refractivity contribution in [1.29, 1.82) is 0 Å². The number of H-pyrrole nitrogens is 1. The maximum Gasteiger partial charge on any atom is 0.271 e. The van der Waals surface area contributed by atoms with E-state index in [0.717, 1.165) is 0 Å². The van der Waals surface area contributed by atoms with E-state index in [-0.39, 0.29) is 15.5 Å². The summed E-state index contributed by atoms with van der Waals surface area (Å²) in [5, 5.41) is 2.08. The van der Waals surface area contributed by atoms with Crippen molar-refractivity contribution in [2.45, 2.75) is 12.3 Å². The molecular formula is C10H8Cl2N2O3S. The Kier molecular flexibility index (Phi) is 3.52. The van der Waals surface area contributed by atoms with Crippen molar-refractivity contribution in [3.63, 3.8) is 0 Å². The Hall–Kier alpha value is -1.24. The number of hydrogen-bond donors (Lipinski definition) is 1. The molecule has 1 aliphatic carbocycles. The minimum absolute atomic E-state index is 0.0262. The van der Waals surface area contributed by atoms with E-state index in [9.17, 15) is 13.2 Å². The van der Waals surface area contributed by atoms with Crippen molar-refractivity contribution in [3.8, 4) is 0 Å². The summed E-state index contributed by atoms with van der Waals surface area (Å²) in [6.07, 6.45) is 2.65. The third-order valence-corrected chi connectivity index (χ3v) is 3.92. The largest absolute Gasteiger partial charge is 0.295 e. The highest BCUT2D eigenvalue weighted by Gasteiger charge is 2.22. The fraction of sp³-hybridized carbons (Fsp3) is 0.200. The van der Waals surface area contributed by atoms with Crippen molar-refractivity contribution in [1.82, 2.24) is 9.78 Å². The molecule has 0 bridgehead atoms. The van der Waals surface area contributed by atoms with E-state index in [4.69, 9.17) is 23.2 Å². The van der Waals surface area contributed by atoms with E-state index in [1.807, 2.05) is 0 Å². The lowest BCUT2D eigenvalue weighted by Crippen LogP contribution is -2.22. The first kappa shape index (κ1) is 13.2. The number of nitrogens with one attached hydrogen (secondary N) is 1. The lowest BCUT2D eigenvalue weighted by atomic mass is 10.1. The van der Waals surface area contributed by atoms with Crippen molar-refractivity contribution in [2.24, 2.45) is 0 Å². The first-order valence-corrected chi connectivity index (χ1v) is 6.77. The number of hydrogen-bond acceptors (Lipinski definition) is 3. The van der Waals surface area contributed by atoms with Gasteiger partial charge in [-0.15, -0.1) is 11.6 Å². The number of nitrogens with zero attached hydrogens (tertiary/aromatic N) is 1. The van der Waals surface area contributed by atoms with Crippen LogP contribution >= 0.6 is 23.2 Å². The van der Waals surface area contributed by atoms with Crippen LogP contribution in [0.2, 0.25) is 0 Å². The Bertz CT molecular complexity index is 744. The molecule has 0 aliphatic heterocycles. The predicted octanol–water partition coefficient (Wildman–Crippen LogP) is 1.12. The standard InChI is InChI=1S/C10H8Cl2N2O3S/c1-5-2-10(15)14(13-5)8-3-7(12)9(18(16)17)4-6(8)11/h2-4,7,13H,1H3. The van der Waals surface area contributed by atoms with E-state index in [1.54, 1.807) is 6.92 Å². The smallest absolute Gasteiger partial charge is 0.271 e. The summed E-state index contributed by atoms with van der Waals surface area (Å²) in [4.78, 5) is 11.6. The molecular weight excluding hydrogens is 299 g/mol. The highest BCUT2D eigenvalue weighted by Crippen LogP contribution is 2.25. The van der Waals surface area contributed by atoms with Gasteiger partial charge in [0, 0.05) is 11.8 Å². The molecule has 0 spiro atoms. The molecule has 1 N–H and O–H groups in total. The molecule has 1 aromatic heterocycles. The number of rotatable bonds is 1. The second-order valence-electron chi connectivity index (χ2n) is 3.70. The summed E-state index contributed by atoms with van der Waals surface area (Å²) in [6, 6.07) is 1.40. The van der Waals surface area contributed by atoms with Gasteiger partial charge in [0.25, 0.3) is 5.56 Å². The summed E-state index contributed by atoms with van der Waals surface area (Å²) in [7, 11) is -2.44. The van der Waals surface area contributed by atoms with Gasteiger partial charge >= 0.3 is 0 Å². The third-order valence-electron chi connectivity index (χ3n) is 2.37. The Morgan fingerprint density at radius 3 is 2.61 bits per heavy atom. The number of halogens is 2. The quantitative estimate of drug-likeness (QED) is 0.624. The van der Waals surface area contributed by atoms with Gasteiger partial charge in [-0.05, 0) is 19.1 Å². The van der Waals surface area contributed by atoms with Crippen LogP contribution in [0.15, 0.2) is 28.0 Å². The lowest BCUT2D eigenvalue weighted by Gasteiger charge is -2.14. The normalized spacial score (nSPS) is 19.5. The molecule has 0 radical (unpaired) electrons. The van der Waals surface area contributed by atoms with Gasteiger partial charge in [-0.25, -0.2) is 4.68 Å². The average Bonchev–Trinajstić information content (AvgIpc) is 2.60. The Morgan fingerprint density at radius 1 is 1.44 bits per heavy atom. The van der Waals surface area contributed by atoms with E-state index in [2.05, 4.69) is 5.10 Å². The van der Waals surface area contributed by atoms with Gasteiger partial charge in [0.05, 0.1) is 21.0 Å². The number of aryl methyl sites for hydroxylation is 1. The van der Waals surface area contributed by atoms with Crippen LogP contribution in [0.5, 0.6) is 0 Å². The molecule has 96 valence electrons. The first-order valence-electron chi connectivity index (χ1n) is 4.88. The molecule has 8 heteroatoms. The van der Waals surface area contributed by atoms with Gasteiger partial charge in [0.2, 0.25) is 10.3 Å². The molecule has 1 unspecified atom stereocenters. The van der Waals surface area contributed by atoms with Gasteiger partial charge in [0.15, 0.2) is 0 Å². The summed E-state index contributed by atoms with van der Waals surface area (Å²) in [5.41, 5.74) is 0.712. The number of aromatic amines is 1. The number of aromatic nitrogens is 2. The zero-order chi connectivity index (χ0) is 13.4. The van der Waals surface area contributed by atoms with E-state index < -0.39 is 15.7 Å². The maximum atomic E-state index is 11.6. The molecule has 1 aromatic rings. The van der Waals surface area contributed by atoms with Gasteiger partial charge in [0.1, 0.15) is 0 Å². The van der Waals surface area contributed by atoms with Gasteiger partial charge in [-0.1, -0.05) is 11.6 Å². The molecule has 5 nitrogen and oxygen atoms in total. The SMILES string of the molecule is Cc1cc(=O)n(C2=CC(Cl)C(=S(=O)=O)C=C2Cl)[nH]1. The molecule has 0 saturated heterocycles. The second kappa shape index (κ2) is 4.79. The monoisotopic (exact) mass is 306 g/mol. The summed E-state index contributed by atoms with van der Waals surface area (Å²) >= 11 is 11.9. The van der Waals surface area contributed by atoms with Crippen LogP contribution in [-0.2, 0) is 10.3 Å². The molecule has 0 amide bonds. The highest BCUT2D eigenvalue weighted by molar-refractivity contribution is 7.73. The van der Waals surface area contributed by atoms with Crippen LogP contribution in [-0.4, -0.2) is 28.4 Å². The maximum absolute atomic E-state index is 11.6. The predicted molar refractivity (Wildman–Crippen MR) is 71.6 cm³/mol. The summed E-state index contributed by atoms with van der Waals surface area (Å²) < 4.78 is 23.0. The van der Waals surface area contributed by atoms with E-state index in [0.29, 0.717) is 11.4 Å². The van der Waals surface area contributed by atoms with Gasteiger partial charge < -0.3 is 0 Å². The summed E-state index contributed by atoms with van der Waals surface area (Å²) in [6.45, 7) is 1.72. The Labute approximate surface area is 114 Å². The van der Waals surface area contributed by atoms with Crippen LogP contribution < -0.4 is 5.56 Å². The first-order chi connectivity index (χ1) is 8.40. The summed E-state index contributed by atoms with van der Waals surface area (Å²) in [5.74, 6) is 0. The zero-order valence-corrected chi connectivity index (χ0v) is 11.5. The van der Waals surface area contributed by atoms with Crippen molar-refractivity contribution in [2.75, 3.05) is 0 Å². The molecule has 1 atom stereocenters. The molecule has 1 aliphatic rings. The van der Waals surface area contributed by atoms with Gasteiger partial charge in [-0.3, -0.25) is 9.89 Å². The molecule has 0 saturated carbocycles. The topological polar surface area (TPSA) is 71.9 Å². The molecule has 1 heterocycles. The van der Waals surface area contributed by atoms with Crippen molar-refractivity contribution >= 4 is 44.1 Å². The minimum atomic E-state index is -2.44. The number of allylic oxidation sites excluding steroid dienone is 4. The van der Waals surface area contributed by atoms with Crippen LogP contribution in [0.1, 0.15) is 5.69 Å². The third kappa shape index (κ3) is 2.31. The Balaban J connectivity index is 2.60. The molecule has 2 rings (SSSR count).